The molecule has 0 radical (unpaired) electrons. The molecule has 4 fully saturated rings. The number of benzene rings is 2. The normalized spacial score (nSPS) is 23.4. The monoisotopic (exact) mass is 630 g/mol. The molecule has 0 unspecified atom stereocenters. The van der Waals surface area contributed by atoms with Crippen molar-refractivity contribution >= 4 is 49.5 Å². The van der Waals surface area contributed by atoms with Crippen LogP contribution in [0.3, 0.4) is 0 Å². The highest BCUT2D eigenvalue weighted by Gasteiger charge is 2.51. The molecule has 0 saturated heterocycles. The molecule has 4 aliphatic carbocycles. The summed E-state index contributed by atoms with van der Waals surface area (Å²) in [6, 6.07) is 15.7. The smallest absolute Gasteiger partial charge is 0.340 e. The predicted octanol–water partition coefficient (Wildman–Crippen LogP) is 7.34. The Kier molecular flexibility index (Phi) is 6.28. The molecule has 0 amide bonds. The molecule has 4 aromatic heterocycles. The Morgan fingerprint density at radius 1 is 1.00 bits per heavy atom. The minimum Gasteiger partial charge on any atom is -0.465 e. The minimum absolute atomic E-state index is 0.358. The largest absolute Gasteiger partial charge is 0.465 e. The van der Waals surface area contributed by atoms with Crippen LogP contribution in [-0.2, 0) is 11.3 Å². The third-order valence-corrected chi connectivity index (χ3v) is 11.5. The molecule has 4 heterocycles. The Balaban J connectivity index is 1.02. The van der Waals surface area contributed by atoms with E-state index in [1.165, 1.54) is 45.6 Å². The molecule has 0 spiro atoms. The molecule has 4 saturated carbocycles. The van der Waals surface area contributed by atoms with E-state index in [-0.39, 0.29) is 0 Å². The number of hydrogen-bond acceptors (Lipinski definition) is 9. The molecule has 232 valence electrons. The van der Waals surface area contributed by atoms with Crippen LogP contribution in [0.25, 0.3) is 38.2 Å². The summed E-state index contributed by atoms with van der Waals surface area (Å²) in [5.41, 5.74) is 5.81. The Bertz CT molecular complexity index is 2060. The molecular formula is C35H34N8O2S. The number of hydrogen-bond donors (Lipinski definition) is 1. The fourth-order valence-electron chi connectivity index (χ4n) is 9.03. The van der Waals surface area contributed by atoms with E-state index in [2.05, 4.69) is 32.1 Å². The Hall–Kier alpha value is -4.64. The van der Waals surface area contributed by atoms with Gasteiger partial charge in [0.1, 0.15) is 11.8 Å². The SMILES string of the molecule is COC(=O)c1c(-c2cnn(CC34CC5CC(CC(C5)C3)C4)c2C)ccc2c1ncn2-c1ccc(Nc2nc3ccccc3s2)nn1. The number of esters is 1. The van der Waals surface area contributed by atoms with Crippen LogP contribution in [0.1, 0.15) is 54.6 Å². The molecular weight excluding hydrogens is 597 g/mol. The van der Waals surface area contributed by atoms with Gasteiger partial charge in [-0.25, -0.2) is 14.8 Å². The van der Waals surface area contributed by atoms with Gasteiger partial charge < -0.3 is 10.1 Å². The van der Waals surface area contributed by atoms with Gasteiger partial charge in [0, 0.05) is 23.4 Å². The summed E-state index contributed by atoms with van der Waals surface area (Å²) >= 11 is 1.56. The molecule has 0 aliphatic heterocycles. The molecule has 0 atom stereocenters. The molecule has 1 N–H and O–H groups in total. The van der Waals surface area contributed by atoms with Gasteiger partial charge in [0.25, 0.3) is 0 Å². The molecule has 4 bridgehead atoms. The van der Waals surface area contributed by atoms with Crippen molar-refractivity contribution in [1.82, 2.24) is 34.5 Å². The maximum absolute atomic E-state index is 13.3. The number of aromatic nitrogens is 7. The van der Waals surface area contributed by atoms with Gasteiger partial charge in [-0.15, -0.1) is 10.2 Å². The van der Waals surface area contributed by atoms with Gasteiger partial charge in [0.2, 0.25) is 0 Å². The second-order valence-corrected chi connectivity index (χ2v) is 14.6. The van der Waals surface area contributed by atoms with Gasteiger partial charge in [0.15, 0.2) is 16.8 Å². The number of carbonyl (C=O) groups is 1. The van der Waals surface area contributed by atoms with E-state index >= 15 is 0 Å². The number of nitrogens with one attached hydrogen (secondary N) is 1. The molecule has 10 nitrogen and oxygen atoms in total. The highest BCUT2D eigenvalue weighted by atomic mass is 32.1. The summed E-state index contributed by atoms with van der Waals surface area (Å²) in [6.07, 6.45) is 11.8. The molecule has 11 heteroatoms. The Morgan fingerprint density at radius 3 is 2.50 bits per heavy atom. The van der Waals surface area contributed by atoms with Gasteiger partial charge in [-0.1, -0.05) is 29.5 Å². The molecule has 2 aromatic carbocycles. The fraction of sp³-hybridized carbons (Fsp3) is 0.371. The van der Waals surface area contributed by atoms with Crippen LogP contribution in [-0.4, -0.2) is 47.6 Å². The number of imidazole rings is 1. The zero-order valence-electron chi connectivity index (χ0n) is 25.8. The summed E-state index contributed by atoms with van der Waals surface area (Å²) < 4.78 is 10.4. The van der Waals surface area contributed by atoms with Crippen molar-refractivity contribution in [3.8, 4) is 16.9 Å². The van der Waals surface area contributed by atoms with E-state index < -0.39 is 5.97 Å². The van der Waals surface area contributed by atoms with E-state index in [0.29, 0.717) is 28.1 Å². The maximum atomic E-state index is 13.3. The quantitative estimate of drug-likeness (QED) is 0.182. The van der Waals surface area contributed by atoms with Crippen molar-refractivity contribution in [3.05, 3.63) is 72.3 Å². The van der Waals surface area contributed by atoms with E-state index in [9.17, 15) is 4.79 Å². The summed E-state index contributed by atoms with van der Waals surface area (Å²) in [5.74, 6) is 3.41. The second-order valence-electron chi connectivity index (χ2n) is 13.6. The number of carbonyl (C=O) groups excluding carboxylic acids is 1. The van der Waals surface area contributed by atoms with E-state index in [1.807, 2.05) is 59.3 Å². The maximum Gasteiger partial charge on any atom is 0.340 e. The van der Waals surface area contributed by atoms with Crippen molar-refractivity contribution in [2.24, 2.45) is 23.2 Å². The molecule has 10 rings (SSSR count). The van der Waals surface area contributed by atoms with Crippen LogP contribution >= 0.6 is 11.3 Å². The first-order valence-corrected chi connectivity index (χ1v) is 16.8. The van der Waals surface area contributed by atoms with Crippen molar-refractivity contribution in [1.29, 1.82) is 0 Å². The summed E-state index contributed by atoms with van der Waals surface area (Å²) in [7, 11) is 1.41. The van der Waals surface area contributed by atoms with Gasteiger partial charge in [-0.05, 0) is 98.9 Å². The van der Waals surface area contributed by atoms with Gasteiger partial charge in [-0.3, -0.25) is 9.25 Å². The number of para-hydroxylation sites is 1. The number of fused-ring (bicyclic) bond motifs is 2. The average Bonchev–Trinajstić information content (AvgIpc) is 3.76. The minimum atomic E-state index is -0.430. The van der Waals surface area contributed by atoms with Crippen LogP contribution in [0.5, 0.6) is 0 Å². The van der Waals surface area contributed by atoms with Gasteiger partial charge in [-0.2, -0.15) is 5.10 Å². The first kappa shape index (κ1) is 27.7. The van der Waals surface area contributed by atoms with E-state index in [1.54, 1.807) is 17.7 Å². The summed E-state index contributed by atoms with van der Waals surface area (Å²) in [4.78, 5) is 22.6. The lowest BCUT2D eigenvalue weighted by Crippen LogP contribution is -2.48. The van der Waals surface area contributed by atoms with Crippen LogP contribution in [0.15, 0.2) is 61.1 Å². The van der Waals surface area contributed by atoms with Crippen molar-refractivity contribution in [2.75, 3.05) is 12.4 Å². The first-order valence-electron chi connectivity index (χ1n) is 16.0. The number of anilines is 2. The Morgan fingerprint density at radius 2 is 1.78 bits per heavy atom. The molecule has 6 aromatic rings. The zero-order chi connectivity index (χ0) is 31.0. The lowest BCUT2D eigenvalue weighted by molar-refractivity contribution is -0.0638. The predicted molar refractivity (Wildman–Crippen MR) is 177 cm³/mol. The van der Waals surface area contributed by atoms with Crippen LogP contribution in [0, 0.1) is 30.1 Å². The topological polar surface area (TPSA) is 113 Å². The van der Waals surface area contributed by atoms with Crippen molar-refractivity contribution < 1.29 is 9.53 Å². The third kappa shape index (κ3) is 4.51. The first-order chi connectivity index (χ1) is 22.4. The number of methoxy groups -OCH3 is 1. The molecule has 4 aliphatic rings. The van der Waals surface area contributed by atoms with Crippen LogP contribution < -0.4 is 5.32 Å². The standard InChI is InChI=1S/C35H34N8O2S/c1-20-25(17-37-43(20)18-35-14-21-11-22(15-35)13-23(12-21)16-35)24-7-8-27-32(31(24)33(44)45-2)36-19-42(27)30-10-9-29(40-41-30)39-34-38-26-5-3-4-6-28(26)46-34/h3-10,17,19,21-23H,11-16,18H2,1-2H3,(H,38,39,40). The number of rotatable bonds is 7. The number of ether oxygens (including phenoxy) is 1. The van der Waals surface area contributed by atoms with E-state index in [4.69, 9.17) is 14.8 Å². The molecule has 46 heavy (non-hydrogen) atoms. The summed E-state index contributed by atoms with van der Waals surface area (Å²) in [5, 5.41) is 17.7. The number of thiazole rings is 1. The second kappa shape index (κ2) is 10.4. The zero-order valence-corrected chi connectivity index (χ0v) is 26.6. The van der Waals surface area contributed by atoms with Crippen molar-refractivity contribution in [3.63, 3.8) is 0 Å². The third-order valence-electron chi connectivity index (χ3n) is 10.6. The van der Waals surface area contributed by atoms with Crippen LogP contribution in [0.2, 0.25) is 0 Å². The lowest BCUT2D eigenvalue weighted by Gasteiger charge is -2.56. The fourth-order valence-corrected chi connectivity index (χ4v) is 9.90. The van der Waals surface area contributed by atoms with E-state index in [0.717, 1.165) is 62.0 Å². The van der Waals surface area contributed by atoms with Gasteiger partial charge in [0.05, 0.1) is 34.6 Å². The average molecular weight is 631 g/mol. The summed E-state index contributed by atoms with van der Waals surface area (Å²) in [6.45, 7) is 3.07. The van der Waals surface area contributed by atoms with Crippen LogP contribution in [0.4, 0.5) is 10.9 Å². The van der Waals surface area contributed by atoms with Gasteiger partial charge >= 0.3 is 5.97 Å². The lowest BCUT2D eigenvalue weighted by atomic mass is 9.49. The Labute approximate surface area is 269 Å². The number of nitrogens with zero attached hydrogens (tertiary/aromatic N) is 7. The van der Waals surface area contributed by atoms with Crippen molar-refractivity contribution in [2.45, 2.75) is 52.0 Å². The highest BCUT2D eigenvalue weighted by molar-refractivity contribution is 7.22. The highest BCUT2D eigenvalue weighted by Crippen LogP contribution is 2.60.